The van der Waals surface area contributed by atoms with Crippen molar-refractivity contribution >= 4 is 5.97 Å². The lowest BCUT2D eigenvalue weighted by molar-refractivity contribution is -0.897. The number of carbonyl (C=O) groups is 1. The van der Waals surface area contributed by atoms with Crippen molar-refractivity contribution in [3.63, 3.8) is 0 Å². The number of hydrogen-bond donors (Lipinski definition) is 0. The molecule has 84 valence electrons. The number of quaternary nitrogens is 1. The minimum atomic E-state index is -0.0822. The van der Waals surface area contributed by atoms with E-state index < -0.39 is 0 Å². The number of carbonyl (C=O) groups excluding carboxylic acids is 1. The van der Waals surface area contributed by atoms with Crippen LogP contribution in [0.5, 0.6) is 0 Å². The second kappa shape index (κ2) is 6.82. The van der Waals surface area contributed by atoms with Gasteiger partial charge in [0, 0.05) is 12.8 Å². The molecule has 0 radical (unpaired) electrons. The molecule has 1 saturated heterocycles. The summed E-state index contributed by atoms with van der Waals surface area (Å²) in [5.74, 6) is -0.0822. The van der Waals surface area contributed by atoms with Crippen molar-refractivity contribution in [3.8, 4) is 0 Å². The van der Waals surface area contributed by atoms with Gasteiger partial charge in [-0.2, -0.15) is 0 Å². The molecule has 0 aromatic heterocycles. The summed E-state index contributed by atoms with van der Waals surface area (Å²) in [6.07, 6.45) is 3.17. The molecule has 3 heteroatoms. The second-order valence-corrected chi connectivity index (χ2v) is 3.82. The van der Waals surface area contributed by atoms with Crippen molar-refractivity contribution in [2.24, 2.45) is 0 Å². The summed E-state index contributed by atoms with van der Waals surface area (Å²) in [6, 6.07) is 0. The first-order chi connectivity index (χ1) is 6.66. The molecular formula is C11H24NO2+. The van der Waals surface area contributed by atoms with E-state index in [-0.39, 0.29) is 5.97 Å². The van der Waals surface area contributed by atoms with Crippen LogP contribution in [0.15, 0.2) is 0 Å². The topological polar surface area (TPSA) is 26.3 Å². The van der Waals surface area contributed by atoms with E-state index >= 15 is 0 Å². The SMILES string of the molecule is CC.COC(=O)CC[N+]1(C)CCCC1. The highest BCUT2D eigenvalue weighted by Gasteiger charge is 2.27. The Balaban J connectivity index is 0.000000791. The molecule has 0 aliphatic carbocycles. The average Bonchev–Trinajstić information content (AvgIpc) is 2.65. The molecule has 0 amide bonds. The van der Waals surface area contributed by atoms with Crippen molar-refractivity contribution < 1.29 is 14.0 Å². The van der Waals surface area contributed by atoms with Crippen LogP contribution >= 0.6 is 0 Å². The highest BCUT2D eigenvalue weighted by Crippen LogP contribution is 2.16. The summed E-state index contributed by atoms with van der Waals surface area (Å²) in [6.45, 7) is 7.38. The van der Waals surface area contributed by atoms with Gasteiger partial charge in [0.1, 0.15) is 0 Å². The van der Waals surface area contributed by atoms with Gasteiger partial charge in [-0.25, -0.2) is 0 Å². The van der Waals surface area contributed by atoms with Gasteiger partial charge in [0.05, 0.1) is 40.2 Å². The van der Waals surface area contributed by atoms with Gasteiger partial charge in [0.15, 0.2) is 0 Å². The van der Waals surface area contributed by atoms with Gasteiger partial charge in [0.2, 0.25) is 0 Å². The molecule has 1 aliphatic heterocycles. The summed E-state index contributed by atoms with van der Waals surface area (Å²) in [5.41, 5.74) is 0. The van der Waals surface area contributed by atoms with Crippen LogP contribution in [0.3, 0.4) is 0 Å². The Hall–Kier alpha value is -0.570. The van der Waals surface area contributed by atoms with Crippen LogP contribution in [-0.2, 0) is 9.53 Å². The van der Waals surface area contributed by atoms with Gasteiger partial charge in [-0.1, -0.05) is 13.8 Å². The standard InChI is InChI=1S/C9H18NO2.C2H6/c1-10(6-3-4-7-10)8-5-9(11)12-2;1-2/h3-8H2,1-2H3;1-2H3/q+1;. The maximum Gasteiger partial charge on any atom is 0.311 e. The largest absolute Gasteiger partial charge is 0.469 e. The number of hydrogen-bond acceptors (Lipinski definition) is 2. The first-order valence-electron chi connectivity index (χ1n) is 5.57. The zero-order valence-electron chi connectivity index (χ0n) is 10.0. The Morgan fingerprint density at radius 1 is 1.29 bits per heavy atom. The van der Waals surface area contributed by atoms with Crippen molar-refractivity contribution in [1.82, 2.24) is 0 Å². The van der Waals surface area contributed by atoms with E-state index in [1.54, 1.807) is 0 Å². The van der Waals surface area contributed by atoms with Crippen molar-refractivity contribution in [2.45, 2.75) is 33.1 Å². The molecule has 1 aliphatic rings. The van der Waals surface area contributed by atoms with E-state index in [1.807, 2.05) is 13.8 Å². The van der Waals surface area contributed by atoms with Gasteiger partial charge in [-0.05, 0) is 0 Å². The Morgan fingerprint density at radius 3 is 2.21 bits per heavy atom. The molecule has 0 aromatic carbocycles. The molecule has 1 fully saturated rings. The van der Waals surface area contributed by atoms with E-state index in [9.17, 15) is 4.79 Å². The maximum absolute atomic E-state index is 10.9. The van der Waals surface area contributed by atoms with Crippen molar-refractivity contribution in [3.05, 3.63) is 0 Å². The molecule has 0 atom stereocenters. The second-order valence-electron chi connectivity index (χ2n) is 3.82. The Kier molecular flexibility index (Phi) is 6.54. The lowest BCUT2D eigenvalue weighted by Gasteiger charge is -2.28. The summed E-state index contributed by atoms with van der Waals surface area (Å²) in [5, 5.41) is 0. The fourth-order valence-corrected chi connectivity index (χ4v) is 1.79. The Bertz CT molecular complexity index is 163. The molecule has 0 unspecified atom stereocenters. The maximum atomic E-state index is 10.9. The minimum absolute atomic E-state index is 0.0822. The fraction of sp³-hybridized carbons (Fsp3) is 0.909. The lowest BCUT2D eigenvalue weighted by atomic mass is 10.3. The van der Waals surface area contributed by atoms with Crippen LogP contribution in [0.2, 0.25) is 0 Å². The smallest absolute Gasteiger partial charge is 0.311 e. The van der Waals surface area contributed by atoms with Gasteiger partial charge in [-0.3, -0.25) is 4.79 Å². The highest BCUT2D eigenvalue weighted by atomic mass is 16.5. The summed E-state index contributed by atoms with van der Waals surface area (Å²) >= 11 is 0. The fourth-order valence-electron chi connectivity index (χ4n) is 1.79. The first kappa shape index (κ1) is 13.4. The average molecular weight is 202 g/mol. The highest BCUT2D eigenvalue weighted by molar-refractivity contribution is 5.69. The third-order valence-corrected chi connectivity index (χ3v) is 2.73. The van der Waals surface area contributed by atoms with Gasteiger partial charge in [-0.15, -0.1) is 0 Å². The van der Waals surface area contributed by atoms with Crippen LogP contribution in [0.1, 0.15) is 33.1 Å². The number of methoxy groups -OCH3 is 1. The predicted molar refractivity (Wildman–Crippen MR) is 58.0 cm³/mol. The van der Waals surface area contributed by atoms with Gasteiger partial charge >= 0.3 is 5.97 Å². The number of rotatable bonds is 3. The quantitative estimate of drug-likeness (QED) is 0.515. The number of nitrogens with zero attached hydrogens (tertiary/aromatic N) is 1. The van der Waals surface area contributed by atoms with Crippen molar-refractivity contribution in [2.75, 3.05) is 33.8 Å². The monoisotopic (exact) mass is 202 g/mol. The number of esters is 1. The van der Waals surface area contributed by atoms with Crippen LogP contribution in [0.25, 0.3) is 0 Å². The summed E-state index contributed by atoms with van der Waals surface area (Å²) in [4.78, 5) is 10.9. The normalized spacial score (nSPS) is 18.3. The molecule has 0 spiro atoms. The van der Waals surface area contributed by atoms with Crippen LogP contribution < -0.4 is 0 Å². The van der Waals surface area contributed by atoms with E-state index in [0.29, 0.717) is 6.42 Å². The zero-order chi connectivity index (χ0) is 11.0. The molecule has 3 nitrogen and oxygen atoms in total. The van der Waals surface area contributed by atoms with Gasteiger partial charge < -0.3 is 9.22 Å². The van der Waals surface area contributed by atoms with E-state index in [1.165, 1.54) is 33.0 Å². The summed E-state index contributed by atoms with van der Waals surface area (Å²) < 4.78 is 5.66. The molecule has 1 heterocycles. The predicted octanol–water partition coefficient (Wildman–Crippen LogP) is 1.82. The minimum Gasteiger partial charge on any atom is -0.469 e. The van der Waals surface area contributed by atoms with E-state index in [0.717, 1.165) is 11.0 Å². The molecule has 0 saturated carbocycles. The third-order valence-electron chi connectivity index (χ3n) is 2.73. The number of ether oxygens (including phenoxy) is 1. The number of likely N-dealkylation sites (tertiary alicyclic amines) is 1. The zero-order valence-corrected chi connectivity index (χ0v) is 10.0. The molecule has 0 N–H and O–H groups in total. The van der Waals surface area contributed by atoms with Crippen LogP contribution in [-0.4, -0.2) is 44.2 Å². The van der Waals surface area contributed by atoms with E-state index in [4.69, 9.17) is 0 Å². The first-order valence-corrected chi connectivity index (χ1v) is 5.57. The van der Waals surface area contributed by atoms with Crippen LogP contribution in [0.4, 0.5) is 0 Å². The summed E-state index contributed by atoms with van der Waals surface area (Å²) in [7, 11) is 3.67. The van der Waals surface area contributed by atoms with Crippen molar-refractivity contribution in [1.29, 1.82) is 0 Å². The molecule has 0 aromatic rings. The lowest BCUT2D eigenvalue weighted by Crippen LogP contribution is -2.42. The Morgan fingerprint density at radius 2 is 1.79 bits per heavy atom. The molecule has 14 heavy (non-hydrogen) atoms. The van der Waals surface area contributed by atoms with E-state index in [2.05, 4.69) is 11.8 Å². The third kappa shape index (κ3) is 4.61. The van der Waals surface area contributed by atoms with Crippen LogP contribution in [0, 0.1) is 0 Å². The molecule has 1 rings (SSSR count). The van der Waals surface area contributed by atoms with Gasteiger partial charge in [0.25, 0.3) is 0 Å². The molecular weight excluding hydrogens is 178 g/mol. The molecule has 0 bridgehead atoms. The Labute approximate surface area is 87.6 Å².